The molecule has 0 aliphatic carbocycles. The summed E-state index contributed by atoms with van der Waals surface area (Å²) in [6, 6.07) is 5.43. The van der Waals surface area contributed by atoms with Crippen LogP contribution in [0.25, 0.3) is 0 Å². The lowest BCUT2D eigenvalue weighted by molar-refractivity contribution is -0.134. The van der Waals surface area contributed by atoms with Crippen LogP contribution in [0, 0.1) is 0 Å². The number of carbonyl (C=O) groups excluding carboxylic acids is 1. The SMILES string of the molecule is CCCC(=O)Oc1ccccc1S(=O)(=O)O. The van der Waals surface area contributed by atoms with E-state index in [1.807, 2.05) is 0 Å². The first-order valence-electron chi connectivity index (χ1n) is 4.72. The van der Waals surface area contributed by atoms with E-state index >= 15 is 0 Å². The van der Waals surface area contributed by atoms with Crippen molar-refractivity contribution in [3.63, 3.8) is 0 Å². The van der Waals surface area contributed by atoms with E-state index in [1.165, 1.54) is 24.3 Å². The van der Waals surface area contributed by atoms with Crippen LogP contribution < -0.4 is 4.74 Å². The molecule has 0 radical (unpaired) electrons. The molecule has 1 rings (SSSR count). The Morgan fingerprint density at radius 3 is 2.56 bits per heavy atom. The first kappa shape index (κ1) is 12.7. The van der Waals surface area contributed by atoms with Gasteiger partial charge in [-0.05, 0) is 18.6 Å². The smallest absolute Gasteiger partial charge is 0.311 e. The molecular formula is C10H12O5S. The molecule has 1 aromatic rings. The van der Waals surface area contributed by atoms with Gasteiger partial charge in [0.25, 0.3) is 10.1 Å². The summed E-state index contributed by atoms with van der Waals surface area (Å²) < 4.78 is 35.6. The van der Waals surface area contributed by atoms with E-state index in [0.29, 0.717) is 6.42 Å². The van der Waals surface area contributed by atoms with Crippen LogP contribution in [0.2, 0.25) is 0 Å². The van der Waals surface area contributed by atoms with E-state index in [9.17, 15) is 13.2 Å². The molecule has 0 saturated heterocycles. The maximum atomic E-state index is 11.2. The lowest BCUT2D eigenvalue weighted by Gasteiger charge is -2.06. The zero-order valence-corrected chi connectivity index (χ0v) is 9.53. The predicted octanol–water partition coefficient (Wildman–Crippen LogP) is 1.64. The van der Waals surface area contributed by atoms with Crippen LogP contribution in [0.5, 0.6) is 5.75 Å². The van der Waals surface area contributed by atoms with E-state index in [0.717, 1.165) is 0 Å². The van der Waals surface area contributed by atoms with Gasteiger partial charge < -0.3 is 4.74 Å². The number of hydrogen-bond donors (Lipinski definition) is 1. The molecule has 0 unspecified atom stereocenters. The second-order valence-corrected chi connectivity index (χ2v) is 4.54. The zero-order valence-electron chi connectivity index (χ0n) is 8.71. The molecule has 0 spiro atoms. The van der Waals surface area contributed by atoms with E-state index in [2.05, 4.69) is 0 Å². The summed E-state index contributed by atoms with van der Waals surface area (Å²) in [6.45, 7) is 1.80. The van der Waals surface area contributed by atoms with Crippen molar-refractivity contribution in [2.24, 2.45) is 0 Å². The Labute approximate surface area is 93.8 Å². The predicted molar refractivity (Wildman–Crippen MR) is 56.8 cm³/mol. The molecule has 1 N–H and O–H groups in total. The molecule has 0 bridgehead atoms. The third-order valence-corrected chi connectivity index (χ3v) is 2.70. The van der Waals surface area contributed by atoms with Crippen molar-refractivity contribution < 1.29 is 22.5 Å². The van der Waals surface area contributed by atoms with Crippen LogP contribution in [0.4, 0.5) is 0 Å². The van der Waals surface area contributed by atoms with Crippen molar-refractivity contribution in [1.29, 1.82) is 0 Å². The Morgan fingerprint density at radius 2 is 2.00 bits per heavy atom. The molecule has 0 amide bonds. The molecule has 5 nitrogen and oxygen atoms in total. The van der Waals surface area contributed by atoms with E-state index in [1.54, 1.807) is 6.92 Å². The highest BCUT2D eigenvalue weighted by Gasteiger charge is 2.17. The maximum Gasteiger partial charge on any atom is 0.311 e. The van der Waals surface area contributed by atoms with E-state index < -0.39 is 21.0 Å². The lowest BCUT2D eigenvalue weighted by atomic mass is 10.3. The van der Waals surface area contributed by atoms with Gasteiger partial charge in [-0.25, -0.2) is 0 Å². The highest BCUT2D eigenvalue weighted by molar-refractivity contribution is 7.86. The quantitative estimate of drug-likeness (QED) is 0.494. The fourth-order valence-electron chi connectivity index (χ4n) is 1.13. The zero-order chi connectivity index (χ0) is 12.2. The lowest BCUT2D eigenvalue weighted by Crippen LogP contribution is -2.10. The van der Waals surface area contributed by atoms with Crippen molar-refractivity contribution in [2.45, 2.75) is 24.7 Å². The highest BCUT2D eigenvalue weighted by Crippen LogP contribution is 2.23. The Morgan fingerprint density at radius 1 is 1.38 bits per heavy atom. The van der Waals surface area contributed by atoms with Gasteiger partial charge in [0.05, 0.1) is 0 Å². The number of rotatable bonds is 4. The second-order valence-electron chi connectivity index (χ2n) is 3.15. The summed E-state index contributed by atoms with van der Waals surface area (Å²) in [5, 5.41) is 0. The van der Waals surface area contributed by atoms with Crippen molar-refractivity contribution in [1.82, 2.24) is 0 Å². The van der Waals surface area contributed by atoms with Crippen molar-refractivity contribution in [3.8, 4) is 5.75 Å². The maximum absolute atomic E-state index is 11.2. The van der Waals surface area contributed by atoms with E-state index in [4.69, 9.17) is 9.29 Å². The van der Waals surface area contributed by atoms with Gasteiger partial charge in [0, 0.05) is 6.42 Å². The topological polar surface area (TPSA) is 80.7 Å². The molecule has 6 heteroatoms. The van der Waals surface area contributed by atoms with Crippen LogP contribution in [-0.2, 0) is 14.9 Å². The average molecular weight is 244 g/mol. The van der Waals surface area contributed by atoms with Crippen LogP contribution >= 0.6 is 0 Å². The first-order valence-corrected chi connectivity index (χ1v) is 6.16. The van der Waals surface area contributed by atoms with Crippen LogP contribution in [-0.4, -0.2) is 18.9 Å². The van der Waals surface area contributed by atoms with Gasteiger partial charge in [-0.3, -0.25) is 9.35 Å². The van der Waals surface area contributed by atoms with E-state index in [-0.39, 0.29) is 12.2 Å². The summed E-state index contributed by atoms with van der Waals surface area (Å²) in [5.74, 6) is -0.679. The summed E-state index contributed by atoms with van der Waals surface area (Å²) in [4.78, 5) is 10.8. The van der Waals surface area contributed by atoms with Gasteiger partial charge in [-0.15, -0.1) is 0 Å². The molecule has 88 valence electrons. The van der Waals surface area contributed by atoms with Crippen molar-refractivity contribution in [3.05, 3.63) is 24.3 Å². The molecule has 1 aromatic carbocycles. The van der Waals surface area contributed by atoms with Gasteiger partial charge >= 0.3 is 5.97 Å². The molecule has 0 fully saturated rings. The van der Waals surface area contributed by atoms with Gasteiger partial charge in [-0.2, -0.15) is 8.42 Å². The fourth-order valence-corrected chi connectivity index (χ4v) is 1.74. The number of hydrogen-bond acceptors (Lipinski definition) is 4. The van der Waals surface area contributed by atoms with Gasteiger partial charge in [0.15, 0.2) is 5.75 Å². The number of carbonyl (C=O) groups is 1. The standard InChI is InChI=1S/C10H12O5S/c1-2-5-10(11)15-8-6-3-4-7-9(8)16(12,13)14/h3-4,6-7H,2,5H2,1H3,(H,12,13,14). The van der Waals surface area contributed by atoms with Gasteiger partial charge in [-0.1, -0.05) is 19.1 Å². The Bertz CT molecular complexity index is 478. The van der Waals surface area contributed by atoms with Crippen molar-refractivity contribution in [2.75, 3.05) is 0 Å². The second kappa shape index (κ2) is 5.09. The summed E-state index contributed by atoms with van der Waals surface area (Å²) in [6.07, 6.45) is 0.798. The number of esters is 1. The van der Waals surface area contributed by atoms with Crippen LogP contribution in [0.1, 0.15) is 19.8 Å². The summed E-state index contributed by atoms with van der Waals surface area (Å²) in [5.41, 5.74) is 0. The number of para-hydroxylation sites is 1. The molecule has 0 atom stereocenters. The minimum absolute atomic E-state index is 0.150. The minimum Gasteiger partial charge on any atom is -0.425 e. The normalized spacial score (nSPS) is 11.1. The molecule has 16 heavy (non-hydrogen) atoms. The molecule has 0 saturated carbocycles. The summed E-state index contributed by atoms with van der Waals surface area (Å²) >= 11 is 0. The average Bonchev–Trinajstić information content (AvgIpc) is 2.17. The highest BCUT2D eigenvalue weighted by atomic mass is 32.2. The molecule has 0 aromatic heterocycles. The number of ether oxygens (including phenoxy) is 1. The van der Waals surface area contributed by atoms with Crippen LogP contribution in [0.3, 0.4) is 0 Å². The third-order valence-electron chi connectivity index (χ3n) is 1.80. The first-order chi connectivity index (χ1) is 7.45. The monoisotopic (exact) mass is 244 g/mol. The molecule has 0 heterocycles. The van der Waals surface area contributed by atoms with Crippen LogP contribution in [0.15, 0.2) is 29.2 Å². The Hall–Kier alpha value is -1.40. The summed E-state index contributed by atoms with van der Waals surface area (Å²) in [7, 11) is -4.37. The third kappa shape index (κ3) is 3.32. The molecular weight excluding hydrogens is 232 g/mol. The largest absolute Gasteiger partial charge is 0.425 e. The molecule has 0 aliphatic heterocycles. The van der Waals surface area contributed by atoms with Gasteiger partial charge in [0.2, 0.25) is 0 Å². The number of benzene rings is 1. The van der Waals surface area contributed by atoms with Gasteiger partial charge in [0.1, 0.15) is 4.90 Å². The molecule has 0 aliphatic rings. The fraction of sp³-hybridized carbons (Fsp3) is 0.300. The van der Waals surface area contributed by atoms with Crippen molar-refractivity contribution >= 4 is 16.1 Å². The Kier molecular flexibility index (Phi) is 4.03. The Balaban J connectivity index is 3.01. The minimum atomic E-state index is -4.37.